The molecule has 20 heavy (non-hydrogen) atoms. The minimum Gasteiger partial charge on any atom is -0.483 e. The van der Waals surface area contributed by atoms with Crippen LogP contribution in [0.1, 0.15) is 0 Å². The number of hydrogen-bond acceptors (Lipinski definition) is 2. The van der Waals surface area contributed by atoms with Gasteiger partial charge < -0.3 is 10.1 Å². The Balaban J connectivity index is 1.92. The van der Waals surface area contributed by atoms with Gasteiger partial charge in [-0.15, -0.1) is 0 Å². The molecule has 2 aromatic rings. The number of nitrogens with one attached hydrogen (secondary N) is 1. The van der Waals surface area contributed by atoms with Crippen molar-refractivity contribution in [3.63, 3.8) is 0 Å². The maximum atomic E-state index is 11.8. The molecule has 0 aliphatic rings. The fourth-order valence-electron chi connectivity index (χ4n) is 1.50. The van der Waals surface area contributed by atoms with Gasteiger partial charge in [0.05, 0.1) is 4.47 Å². The molecule has 0 bridgehead atoms. The highest BCUT2D eigenvalue weighted by atomic mass is 79.9. The van der Waals surface area contributed by atoms with Crippen molar-refractivity contribution in [3.8, 4) is 5.75 Å². The smallest absolute Gasteiger partial charge is 0.262 e. The van der Waals surface area contributed by atoms with Gasteiger partial charge in [0.15, 0.2) is 6.61 Å². The van der Waals surface area contributed by atoms with Crippen molar-refractivity contribution in [1.29, 1.82) is 0 Å². The monoisotopic (exact) mass is 373 g/mol. The Morgan fingerprint density at radius 2 is 1.90 bits per heavy atom. The average molecular weight is 375 g/mol. The molecule has 0 unspecified atom stereocenters. The number of amides is 1. The molecular formula is C14H10BrCl2NO2. The van der Waals surface area contributed by atoms with Crippen LogP contribution in [0.5, 0.6) is 5.75 Å². The minimum atomic E-state index is -0.269. The number of anilines is 1. The zero-order chi connectivity index (χ0) is 14.5. The van der Waals surface area contributed by atoms with Gasteiger partial charge in [0.2, 0.25) is 0 Å². The van der Waals surface area contributed by atoms with E-state index in [9.17, 15) is 4.79 Å². The summed E-state index contributed by atoms with van der Waals surface area (Å²) in [6.45, 7) is -0.104. The Morgan fingerprint density at radius 1 is 1.15 bits per heavy atom. The predicted molar refractivity (Wildman–Crippen MR) is 84.7 cm³/mol. The van der Waals surface area contributed by atoms with E-state index in [1.165, 1.54) is 0 Å². The van der Waals surface area contributed by atoms with Gasteiger partial charge in [0.25, 0.3) is 5.91 Å². The third-order valence-electron chi connectivity index (χ3n) is 2.36. The highest BCUT2D eigenvalue weighted by Crippen LogP contribution is 2.27. The van der Waals surface area contributed by atoms with E-state index in [-0.39, 0.29) is 12.5 Å². The second kappa shape index (κ2) is 6.97. The van der Waals surface area contributed by atoms with E-state index in [1.54, 1.807) is 42.5 Å². The first-order valence-electron chi connectivity index (χ1n) is 5.68. The maximum absolute atomic E-state index is 11.8. The summed E-state index contributed by atoms with van der Waals surface area (Å²) < 4.78 is 6.10. The van der Waals surface area contributed by atoms with E-state index in [1.807, 2.05) is 0 Å². The van der Waals surface area contributed by atoms with Gasteiger partial charge in [-0.05, 0) is 52.3 Å². The number of halogens is 3. The summed E-state index contributed by atoms with van der Waals surface area (Å²) in [7, 11) is 0. The standard InChI is InChI=1S/C14H10BrCl2NO2/c15-12-7-10(17)4-5-13(12)20-8-14(19)18-11-3-1-2-9(16)6-11/h1-7H,8H2,(H,18,19). The summed E-state index contributed by atoms with van der Waals surface area (Å²) in [6, 6.07) is 12.0. The van der Waals surface area contributed by atoms with Crippen LogP contribution in [0.15, 0.2) is 46.9 Å². The molecule has 0 aromatic heterocycles. The van der Waals surface area contributed by atoms with Crippen molar-refractivity contribution in [2.75, 3.05) is 11.9 Å². The highest BCUT2D eigenvalue weighted by Gasteiger charge is 2.07. The number of rotatable bonds is 4. The molecule has 6 heteroatoms. The molecular weight excluding hydrogens is 365 g/mol. The minimum absolute atomic E-state index is 0.104. The lowest BCUT2D eigenvalue weighted by atomic mass is 10.3. The molecule has 104 valence electrons. The molecule has 0 saturated heterocycles. The van der Waals surface area contributed by atoms with Crippen molar-refractivity contribution in [2.24, 2.45) is 0 Å². The number of carbonyl (C=O) groups is 1. The Morgan fingerprint density at radius 3 is 2.60 bits per heavy atom. The molecule has 0 spiro atoms. The fraction of sp³-hybridized carbons (Fsp3) is 0.0714. The van der Waals surface area contributed by atoms with Crippen LogP contribution in [0, 0.1) is 0 Å². The molecule has 0 radical (unpaired) electrons. The average Bonchev–Trinajstić information content (AvgIpc) is 2.37. The van der Waals surface area contributed by atoms with Crippen LogP contribution in [-0.2, 0) is 4.79 Å². The molecule has 1 N–H and O–H groups in total. The van der Waals surface area contributed by atoms with Crippen molar-refractivity contribution < 1.29 is 9.53 Å². The summed E-state index contributed by atoms with van der Waals surface area (Å²) >= 11 is 15.0. The first kappa shape index (κ1) is 15.2. The first-order chi connectivity index (χ1) is 9.54. The van der Waals surface area contributed by atoms with E-state index in [4.69, 9.17) is 27.9 Å². The topological polar surface area (TPSA) is 38.3 Å². The molecule has 0 heterocycles. The van der Waals surface area contributed by atoms with Gasteiger partial charge in [-0.1, -0.05) is 29.3 Å². The second-order valence-corrected chi connectivity index (χ2v) is 5.65. The lowest BCUT2D eigenvalue weighted by Crippen LogP contribution is -2.20. The van der Waals surface area contributed by atoms with Crippen LogP contribution in [0.2, 0.25) is 10.0 Å². The number of ether oxygens (including phenoxy) is 1. The molecule has 0 saturated carbocycles. The Labute approximate surface area is 135 Å². The quantitative estimate of drug-likeness (QED) is 0.836. The Hall–Kier alpha value is -1.23. The summed E-state index contributed by atoms with van der Waals surface area (Å²) in [5.74, 6) is 0.282. The summed E-state index contributed by atoms with van der Waals surface area (Å²) in [5.41, 5.74) is 0.626. The second-order valence-electron chi connectivity index (χ2n) is 3.92. The van der Waals surface area contributed by atoms with Gasteiger partial charge in [-0.3, -0.25) is 4.79 Å². The lowest BCUT2D eigenvalue weighted by Gasteiger charge is -2.09. The molecule has 3 nitrogen and oxygen atoms in total. The largest absolute Gasteiger partial charge is 0.483 e. The van der Waals surface area contributed by atoms with Gasteiger partial charge >= 0.3 is 0 Å². The van der Waals surface area contributed by atoms with E-state index >= 15 is 0 Å². The zero-order valence-corrected chi connectivity index (χ0v) is 13.3. The van der Waals surface area contributed by atoms with E-state index in [2.05, 4.69) is 21.2 Å². The summed E-state index contributed by atoms with van der Waals surface area (Å²) in [4.78, 5) is 11.8. The lowest BCUT2D eigenvalue weighted by molar-refractivity contribution is -0.118. The molecule has 0 aliphatic carbocycles. The molecule has 2 rings (SSSR count). The zero-order valence-electron chi connectivity index (χ0n) is 10.2. The number of hydrogen-bond donors (Lipinski definition) is 1. The summed E-state index contributed by atoms with van der Waals surface area (Å²) in [6.07, 6.45) is 0. The molecule has 0 aliphatic heterocycles. The van der Waals surface area contributed by atoms with Crippen LogP contribution in [0.4, 0.5) is 5.69 Å². The van der Waals surface area contributed by atoms with Gasteiger partial charge in [0, 0.05) is 15.7 Å². The highest BCUT2D eigenvalue weighted by molar-refractivity contribution is 9.10. The third-order valence-corrected chi connectivity index (χ3v) is 3.45. The van der Waals surface area contributed by atoms with Crippen LogP contribution in [0.3, 0.4) is 0 Å². The van der Waals surface area contributed by atoms with E-state index in [0.29, 0.717) is 26.0 Å². The van der Waals surface area contributed by atoms with Gasteiger partial charge in [-0.25, -0.2) is 0 Å². The molecule has 2 aromatic carbocycles. The molecule has 1 amide bonds. The van der Waals surface area contributed by atoms with Crippen LogP contribution in [-0.4, -0.2) is 12.5 Å². The van der Waals surface area contributed by atoms with E-state index in [0.717, 1.165) is 0 Å². The van der Waals surface area contributed by atoms with Crippen LogP contribution < -0.4 is 10.1 Å². The Bertz CT molecular complexity index is 634. The van der Waals surface area contributed by atoms with Gasteiger partial charge in [0.1, 0.15) is 5.75 Å². The predicted octanol–water partition coefficient (Wildman–Crippen LogP) is 4.77. The first-order valence-corrected chi connectivity index (χ1v) is 7.23. The normalized spacial score (nSPS) is 10.2. The van der Waals surface area contributed by atoms with Crippen molar-refractivity contribution in [2.45, 2.75) is 0 Å². The van der Waals surface area contributed by atoms with Crippen LogP contribution in [0.25, 0.3) is 0 Å². The Kier molecular flexibility index (Phi) is 5.29. The van der Waals surface area contributed by atoms with Crippen molar-refractivity contribution >= 4 is 50.7 Å². The number of benzene rings is 2. The fourth-order valence-corrected chi connectivity index (χ4v) is 2.49. The molecule has 0 fully saturated rings. The van der Waals surface area contributed by atoms with Crippen LogP contribution >= 0.6 is 39.1 Å². The SMILES string of the molecule is O=C(COc1ccc(Cl)cc1Br)Nc1cccc(Cl)c1. The van der Waals surface area contributed by atoms with E-state index < -0.39 is 0 Å². The van der Waals surface area contributed by atoms with Gasteiger partial charge in [-0.2, -0.15) is 0 Å². The molecule has 0 atom stereocenters. The third kappa shape index (κ3) is 4.40. The maximum Gasteiger partial charge on any atom is 0.262 e. The number of carbonyl (C=O) groups excluding carboxylic acids is 1. The summed E-state index contributed by atoms with van der Waals surface area (Å²) in [5, 5.41) is 3.84. The van der Waals surface area contributed by atoms with Crippen molar-refractivity contribution in [1.82, 2.24) is 0 Å². The van der Waals surface area contributed by atoms with Crippen molar-refractivity contribution in [3.05, 3.63) is 57.0 Å².